The summed E-state index contributed by atoms with van der Waals surface area (Å²) in [7, 11) is 0. The van der Waals surface area contributed by atoms with Crippen LogP contribution in [0.25, 0.3) is 0 Å². The van der Waals surface area contributed by atoms with E-state index in [2.05, 4.69) is 28.6 Å². The van der Waals surface area contributed by atoms with Gasteiger partial charge in [0, 0.05) is 5.75 Å². The van der Waals surface area contributed by atoms with Gasteiger partial charge in [-0.3, -0.25) is 14.4 Å². The molecule has 0 radical (unpaired) electrons. The fourth-order valence-electron chi connectivity index (χ4n) is 2.27. The first-order valence-corrected chi connectivity index (χ1v) is 9.86. The quantitative estimate of drug-likeness (QED) is 0.155. The van der Waals surface area contributed by atoms with E-state index in [1.165, 1.54) is 13.8 Å². The second kappa shape index (κ2) is 12.6. The molecule has 0 rings (SSSR count). The number of carbonyl (C=O) groups is 4. The minimum atomic E-state index is -1.63. The maximum absolute atomic E-state index is 12.5. The first kappa shape index (κ1) is 27.1. The van der Waals surface area contributed by atoms with Crippen LogP contribution in [0.4, 0.5) is 0 Å². The number of aliphatic carboxylic acids is 1. The Kier molecular flexibility index (Phi) is 11.8. The zero-order valence-corrected chi connectivity index (χ0v) is 17.8. The molecule has 7 unspecified atom stereocenters. The van der Waals surface area contributed by atoms with Crippen LogP contribution >= 0.6 is 12.6 Å². The molecule has 0 aliphatic rings. The average molecular weight is 437 g/mol. The first-order chi connectivity index (χ1) is 13.4. The zero-order chi connectivity index (χ0) is 22.9. The highest BCUT2D eigenvalue weighted by atomic mass is 32.1. The Balaban J connectivity index is 5.21. The van der Waals surface area contributed by atoms with E-state index in [-0.39, 0.29) is 11.7 Å². The lowest BCUT2D eigenvalue weighted by Crippen LogP contribution is -2.61. The van der Waals surface area contributed by atoms with E-state index >= 15 is 0 Å². The summed E-state index contributed by atoms with van der Waals surface area (Å²) in [5, 5.41) is 35.1. The topological polar surface area (TPSA) is 191 Å². The Bertz CT molecular complexity index is 588. The van der Waals surface area contributed by atoms with Gasteiger partial charge in [0.15, 0.2) is 6.04 Å². The Hall–Kier alpha value is -1.89. The molecule has 0 spiro atoms. The molecule has 0 aliphatic carbocycles. The largest absolute Gasteiger partial charge is 0.480 e. The molecule has 0 aromatic carbocycles. The summed E-state index contributed by atoms with van der Waals surface area (Å²) in [6, 6.07) is -5.13. The van der Waals surface area contributed by atoms with Crippen molar-refractivity contribution < 1.29 is 34.5 Å². The molecule has 0 saturated carbocycles. The SMILES string of the molecule is CCC(C)C(N)C(=O)NC(CS)C(=O)NC(C(=O)NC(C(=O)O)C(C)O)C(C)O. The van der Waals surface area contributed by atoms with Crippen molar-refractivity contribution in [2.75, 3.05) is 5.75 Å². The predicted molar refractivity (Wildman–Crippen MR) is 108 cm³/mol. The molecule has 0 aromatic heterocycles. The summed E-state index contributed by atoms with van der Waals surface area (Å²) >= 11 is 4.02. The van der Waals surface area contributed by atoms with Crippen LogP contribution in [0.2, 0.25) is 0 Å². The molecule has 0 fully saturated rings. The minimum absolute atomic E-state index is 0.107. The fourth-order valence-corrected chi connectivity index (χ4v) is 2.52. The molecular weight excluding hydrogens is 404 g/mol. The first-order valence-electron chi connectivity index (χ1n) is 9.23. The highest BCUT2D eigenvalue weighted by molar-refractivity contribution is 7.80. The standard InChI is InChI=1S/C17H32N4O7S/c1-5-7(2)11(18)15(25)19-10(6-29)14(24)20-12(8(3)22)16(26)21-13(9(4)23)17(27)28/h7-13,22-23,29H,5-6,18H2,1-4H3,(H,19,25)(H,20,24)(H,21,26)(H,27,28). The summed E-state index contributed by atoms with van der Waals surface area (Å²) in [4.78, 5) is 48.1. The Labute approximate surface area is 175 Å². The lowest BCUT2D eigenvalue weighted by molar-refractivity contribution is -0.146. The lowest BCUT2D eigenvalue weighted by atomic mass is 9.99. The second-order valence-corrected chi connectivity index (χ2v) is 7.31. The van der Waals surface area contributed by atoms with E-state index in [1.54, 1.807) is 6.92 Å². The van der Waals surface area contributed by atoms with Crippen molar-refractivity contribution in [3.63, 3.8) is 0 Å². The van der Waals surface area contributed by atoms with Crippen molar-refractivity contribution in [2.45, 2.75) is 70.5 Å². The fraction of sp³-hybridized carbons (Fsp3) is 0.765. The highest BCUT2D eigenvalue weighted by Crippen LogP contribution is 2.06. The van der Waals surface area contributed by atoms with Crippen molar-refractivity contribution in [2.24, 2.45) is 11.7 Å². The maximum Gasteiger partial charge on any atom is 0.328 e. The summed E-state index contributed by atoms with van der Waals surface area (Å²) in [5.74, 6) is -4.10. The predicted octanol–water partition coefficient (Wildman–Crippen LogP) is -2.41. The third kappa shape index (κ3) is 8.56. The van der Waals surface area contributed by atoms with E-state index in [0.717, 1.165) is 0 Å². The molecule has 0 bridgehead atoms. The van der Waals surface area contributed by atoms with E-state index in [9.17, 15) is 29.4 Å². The Morgan fingerprint density at radius 1 is 0.897 bits per heavy atom. The van der Waals surface area contributed by atoms with Gasteiger partial charge in [0.1, 0.15) is 12.1 Å². The number of carboxylic acid groups (broad SMARTS) is 1. The van der Waals surface area contributed by atoms with Crippen LogP contribution in [0.1, 0.15) is 34.1 Å². The van der Waals surface area contributed by atoms with Gasteiger partial charge in [0.25, 0.3) is 0 Å². The van der Waals surface area contributed by atoms with Crippen LogP contribution in [-0.4, -0.2) is 81.1 Å². The number of carbonyl (C=O) groups excluding carboxylic acids is 3. The number of nitrogens with one attached hydrogen (secondary N) is 3. The van der Waals surface area contributed by atoms with E-state index < -0.39 is 60.1 Å². The molecule has 0 aliphatic heterocycles. The van der Waals surface area contributed by atoms with Crippen molar-refractivity contribution in [1.29, 1.82) is 0 Å². The number of thiol groups is 1. The van der Waals surface area contributed by atoms with Gasteiger partial charge < -0.3 is 37.0 Å². The number of amides is 3. The van der Waals surface area contributed by atoms with E-state index in [1.807, 2.05) is 6.92 Å². The highest BCUT2D eigenvalue weighted by Gasteiger charge is 2.34. The van der Waals surface area contributed by atoms with Crippen molar-refractivity contribution >= 4 is 36.3 Å². The van der Waals surface area contributed by atoms with Crippen molar-refractivity contribution in [3.8, 4) is 0 Å². The van der Waals surface area contributed by atoms with Gasteiger partial charge in [-0.15, -0.1) is 0 Å². The molecule has 168 valence electrons. The van der Waals surface area contributed by atoms with Gasteiger partial charge in [-0.1, -0.05) is 20.3 Å². The van der Waals surface area contributed by atoms with Gasteiger partial charge in [-0.2, -0.15) is 12.6 Å². The third-order valence-corrected chi connectivity index (χ3v) is 4.85. The van der Waals surface area contributed by atoms with Gasteiger partial charge in [-0.05, 0) is 19.8 Å². The van der Waals surface area contributed by atoms with Crippen LogP contribution in [0.15, 0.2) is 0 Å². The molecule has 11 nitrogen and oxygen atoms in total. The molecule has 0 saturated heterocycles. The number of carboxylic acids is 1. The zero-order valence-electron chi connectivity index (χ0n) is 17.0. The molecule has 0 heterocycles. The number of aliphatic hydroxyl groups is 2. The van der Waals surface area contributed by atoms with Gasteiger partial charge in [-0.25, -0.2) is 4.79 Å². The summed E-state index contributed by atoms with van der Waals surface area (Å²) in [6.07, 6.45) is -2.14. The van der Waals surface area contributed by atoms with Crippen LogP contribution in [0.5, 0.6) is 0 Å². The maximum atomic E-state index is 12.5. The Morgan fingerprint density at radius 3 is 1.76 bits per heavy atom. The van der Waals surface area contributed by atoms with E-state index in [0.29, 0.717) is 6.42 Å². The monoisotopic (exact) mass is 436 g/mol. The molecule has 12 heteroatoms. The molecular formula is C17H32N4O7S. The van der Waals surface area contributed by atoms with Crippen molar-refractivity contribution in [1.82, 2.24) is 16.0 Å². The van der Waals surface area contributed by atoms with Gasteiger partial charge in [0.05, 0.1) is 18.2 Å². The number of rotatable bonds is 12. The molecule has 3 amide bonds. The van der Waals surface area contributed by atoms with E-state index in [4.69, 9.17) is 10.8 Å². The third-order valence-electron chi connectivity index (χ3n) is 4.48. The molecule has 8 N–H and O–H groups in total. The average Bonchev–Trinajstić information content (AvgIpc) is 2.65. The normalized spacial score (nSPS) is 18.3. The molecule has 0 aromatic rings. The number of nitrogens with two attached hydrogens (primary N) is 1. The van der Waals surface area contributed by atoms with Gasteiger partial charge >= 0.3 is 5.97 Å². The smallest absolute Gasteiger partial charge is 0.328 e. The van der Waals surface area contributed by atoms with Crippen LogP contribution < -0.4 is 21.7 Å². The lowest BCUT2D eigenvalue weighted by Gasteiger charge is -2.27. The van der Waals surface area contributed by atoms with Crippen LogP contribution in [0.3, 0.4) is 0 Å². The number of aliphatic hydroxyl groups excluding tert-OH is 2. The van der Waals surface area contributed by atoms with Crippen LogP contribution in [0, 0.1) is 5.92 Å². The summed E-state index contributed by atoms with van der Waals surface area (Å²) in [6.45, 7) is 6.04. The summed E-state index contributed by atoms with van der Waals surface area (Å²) in [5.41, 5.74) is 5.83. The Morgan fingerprint density at radius 2 is 1.38 bits per heavy atom. The number of hydrogen-bond donors (Lipinski definition) is 8. The number of hydrogen-bond acceptors (Lipinski definition) is 8. The second-order valence-electron chi connectivity index (χ2n) is 6.95. The molecule has 7 atom stereocenters. The van der Waals surface area contributed by atoms with Crippen molar-refractivity contribution in [3.05, 3.63) is 0 Å². The van der Waals surface area contributed by atoms with Gasteiger partial charge in [0.2, 0.25) is 17.7 Å². The summed E-state index contributed by atoms with van der Waals surface area (Å²) < 4.78 is 0. The molecule has 29 heavy (non-hydrogen) atoms. The minimum Gasteiger partial charge on any atom is -0.480 e. The van der Waals surface area contributed by atoms with Crippen LogP contribution in [-0.2, 0) is 19.2 Å².